The Bertz CT molecular complexity index is 137. The van der Waals surface area contributed by atoms with Gasteiger partial charge in [0.15, 0.2) is 0 Å². The first-order chi connectivity index (χ1) is 6.43. The molecule has 1 atom stereocenters. The Morgan fingerprint density at radius 2 is 2.46 bits per heavy atom. The van der Waals surface area contributed by atoms with Gasteiger partial charge in [0, 0.05) is 0 Å². The Hall–Kier alpha value is -0.340. The Balaban J connectivity index is 1.92. The van der Waals surface area contributed by atoms with Gasteiger partial charge in [0.2, 0.25) is 0 Å². The van der Waals surface area contributed by atoms with Gasteiger partial charge in [-0.15, -0.1) is 0 Å². The minimum absolute atomic E-state index is 0.861. The molecule has 0 radical (unpaired) electrons. The maximum Gasteiger partial charge on any atom is -0.000825 e. The largest absolute Gasteiger partial charge is 0.316 e. The van der Waals surface area contributed by atoms with Crippen LogP contribution < -0.4 is 10.6 Å². The van der Waals surface area contributed by atoms with E-state index in [0.29, 0.717) is 0 Å². The lowest BCUT2D eigenvalue weighted by Crippen LogP contribution is -2.36. The smallest absolute Gasteiger partial charge is 0.000825 e. The zero-order valence-corrected chi connectivity index (χ0v) is 8.68. The predicted octanol–water partition coefficient (Wildman–Crippen LogP) is 1.54. The summed E-state index contributed by atoms with van der Waals surface area (Å²) in [6, 6.07) is 0. The maximum absolute atomic E-state index is 3.50. The van der Waals surface area contributed by atoms with E-state index in [0.717, 1.165) is 18.9 Å². The highest BCUT2D eigenvalue weighted by Gasteiger charge is 2.11. The van der Waals surface area contributed by atoms with E-state index in [2.05, 4.69) is 29.7 Å². The van der Waals surface area contributed by atoms with Crippen molar-refractivity contribution in [2.75, 3.05) is 26.2 Å². The molecule has 1 heterocycles. The molecule has 0 bridgehead atoms. The highest BCUT2D eigenvalue weighted by Crippen LogP contribution is 2.07. The number of allylic oxidation sites excluding steroid dienone is 1. The van der Waals surface area contributed by atoms with Crippen molar-refractivity contribution in [3.63, 3.8) is 0 Å². The summed E-state index contributed by atoms with van der Waals surface area (Å²) < 4.78 is 0. The van der Waals surface area contributed by atoms with Crippen molar-refractivity contribution in [3.8, 4) is 0 Å². The second-order valence-corrected chi connectivity index (χ2v) is 3.77. The van der Waals surface area contributed by atoms with Crippen molar-refractivity contribution >= 4 is 0 Å². The van der Waals surface area contributed by atoms with Crippen LogP contribution in [0.1, 0.15) is 26.2 Å². The van der Waals surface area contributed by atoms with Crippen molar-refractivity contribution in [3.05, 3.63) is 12.2 Å². The lowest BCUT2D eigenvalue weighted by atomic mass is 10.00. The van der Waals surface area contributed by atoms with Gasteiger partial charge < -0.3 is 10.6 Å². The van der Waals surface area contributed by atoms with Crippen LogP contribution >= 0.6 is 0 Å². The van der Waals surface area contributed by atoms with Crippen molar-refractivity contribution in [1.29, 1.82) is 0 Å². The lowest BCUT2D eigenvalue weighted by Gasteiger charge is -2.22. The number of hydrogen-bond acceptors (Lipinski definition) is 2. The molecule has 13 heavy (non-hydrogen) atoms. The van der Waals surface area contributed by atoms with Crippen LogP contribution in [0.4, 0.5) is 0 Å². The summed E-state index contributed by atoms with van der Waals surface area (Å²) in [4.78, 5) is 0. The van der Waals surface area contributed by atoms with Crippen LogP contribution in [-0.2, 0) is 0 Å². The topological polar surface area (TPSA) is 24.1 Å². The third-order valence-electron chi connectivity index (χ3n) is 2.56. The molecule has 0 aromatic rings. The third kappa shape index (κ3) is 5.06. The summed E-state index contributed by atoms with van der Waals surface area (Å²) in [5.74, 6) is 0.861. The molecule has 2 heteroatoms. The molecule has 0 amide bonds. The Labute approximate surface area is 81.8 Å². The lowest BCUT2D eigenvalue weighted by molar-refractivity contribution is 0.361. The predicted molar refractivity (Wildman–Crippen MR) is 57.9 cm³/mol. The summed E-state index contributed by atoms with van der Waals surface area (Å²) in [7, 11) is 0. The maximum atomic E-state index is 3.50. The summed E-state index contributed by atoms with van der Waals surface area (Å²) in [6.07, 6.45) is 8.23. The molecule has 2 N–H and O–H groups in total. The molecule has 0 aliphatic carbocycles. The molecule has 1 saturated heterocycles. The van der Waals surface area contributed by atoms with Gasteiger partial charge in [0.25, 0.3) is 0 Å². The van der Waals surface area contributed by atoms with Gasteiger partial charge in [-0.25, -0.2) is 0 Å². The normalized spacial score (nSPS) is 23.9. The first-order valence-electron chi connectivity index (χ1n) is 5.46. The van der Waals surface area contributed by atoms with E-state index in [-0.39, 0.29) is 0 Å². The average molecular weight is 182 g/mol. The van der Waals surface area contributed by atoms with Gasteiger partial charge in [-0.1, -0.05) is 12.2 Å². The monoisotopic (exact) mass is 182 g/mol. The molecule has 1 aliphatic rings. The highest BCUT2D eigenvalue weighted by atomic mass is 14.9. The minimum Gasteiger partial charge on any atom is -0.316 e. The van der Waals surface area contributed by atoms with E-state index in [9.17, 15) is 0 Å². The quantitative estimate of drug-likeness (QED) is 0.498. The second kappa shape index (κ2) is 7.10. The molecule has 2 nitrogen and oxygen atoms in total. The number of nitrogens with one attached hydrogen (secondary N) is 2. The second-order valence-electron chi connectivity index (χ2n) is 3.77. The molecule has 0 spiro atoms. The Morgan fingerprint density at radius 3 is 3.15 bits per heavy atom. The van der Waals surface area contributed by atoms with Crippen LogP contribution in [0.5, 0.6) is 0 Å². The first kappa shape index (κ1) is 10.7. The molecule has 1 fully saturated rings. The van der Waals surface area contributed by atoms with E-state index < -0.39 is 0 Å². The zero-order valence-electron chi connectivity index (χ0n) is 8.68. The van der Waals surface area contributed by atoms with Crippen LogP contribution in [0.15, 0.2) is 12.2 Å². The highest BCUT2D eigenvalue weighted by molar-refractivity contribution is 4.78. The van der Waals surface area contributed by atoms with Gasteiger partial charge in [-0.05, 0) is 58.3 Å². The van der Waals surface area contributed by atoms with E-state index in [1.807, 2.05) is 0 Å². The first-order valence-corrected chi connectivity index (χ1v) is 5.46. The van der Waals surface area contributed by atoms with Crippen LogP contribution in [0.25, 0.3) is 0 Å². The molecule has 0 aromatic carbocycles. The van der Waals surface area contributed by atoms with Gasteiger partial charge in [-0.3, -0.25) is 0 Å². The standard InChI is InChI=1S/C11H22N2/c1-2-3-4-7-12-9-11-6-5-8-13-10-11/h2-3,11-13H,4-10H2,1H3/b3-2+. The molecule has 0 saturated carbocycles. The fourth-order valence-electron chi connectivity index (χ4n) is 1.76. The Kier molecular flexibility index (Phi) is 5.87. The fourth-order valence-corrected chi connectivity index (χ4v) is 1.76. The number of hydrogen-bond donors (Lipinski definition) is 2. The number of rotatable bonds is 5. The molecule has 0 aromatic heterocycles. The van der Waals surface area contributed by atoms with Crippen molar-refractivity contribution in [1.82, 2.24) is 10.6 Å². The van der Waals surface area contributed by atoms with Gasteiger partial charge in [0.05, 0.1) is 0 Å². The van der Waals surface area contributed by atoms with Crippen LogP contribution in [0.2, 0.25) is 0 Å². The van der Waals surface area contributed by atoms with Crippen LogP contribution in [0.3, 0.4) is 0 Å². The molecule has 1 aliphatic heterocycles. The summed E-state index contributed by atoms with van der Waals surface area (Å²) in [5.41, 5.74) is 0. The molecule has 1 rings (SSSR count). The summed E-state index contributed by atoms with van der Waals surface area (Å²) in [5, 5.41) is 6.93. The van der Waals surface area contributed by atoms with Crippen molar-refractivity contribution in [2.24, 2.45) is 5.92 Å². The summed E-state index contributed by atoms with van der Waals surface area (Å²) >= 11 is 0. The summed E-state index contributed by atoms with van der Waals surface area (Å²) in [6.45, 7) is 6.81. The van der Waals surface area contributed by atoms with Crippen molar-refractivity contribution in [2.45, 2.75) is 26.2 Å². The zero-order chi connectivity index (χ0) is 9.36. The SMILES string of the molecule is C/C=C/CCNCC1CCCNC1. The van der Waals surface area contributed by atoms with E-state index in [1.54, 1.807) is 0 Å². The third-order valence-corrected chi connectivity index (χ3v) is 2.56. The van der Waals surface area contributed by atoms with E-state index in [1.165, 1.54) is 32.5 Å². The minimum atomic E-state index is 0.861. The van der Waals surface area contributed by atoms with E-state index in [4.69, 9.17) is 0 Å². The fraction of sp³-hybridized carbons (Fsp3) is 0.818. The average Bonchev–Trinajstić information content (AvgIpc) is 2.19. The van der Waals surface area contributed by atoms with Gasteiger partial charge in [-0.2, -0.15) is 0 Å². The van der Waals surface area contributed by atoms with Crippen LogP contribution in [-0.4, -0.2) is 26.2 Å². The van der Waals surface area contributed by atoms with Gasteiger partial charge >= 0.3 is 0 Å². The Morgan fingerprint density at radius 1 is 1.54 bits per heavy atom. The van der Waals surface area contributed by atoms with Crippen molar-refractivity contribution < 1.29 is 0 Å². The van der Waals surface area contributed by atoms with Gasteiger partial charge in [0.1, 0.15) is 0 Å². The molecular weight excluding hydrogens is 160 g/mol. The number of piperidine rings is 1. The molecule has 76 valence electrons. The molecule has 1 unspecified atom stereocenters. The van der Waals surface area contributed by atoms with Crippen LogP contribution in [0, 0.1) is 5.92 Å². The molecular formula is C11H22N2. The van der Waals surface area contributed by atoms with E-state index >= 15 is 0 Å².